The third-order valence-corrected chi connectivity index (χ3v) is 7.17. The van der Waals surface area contributed by atoms with Crippen LogP contribution in [0.5, 0.6) is 5.75 Å². The van der Waals surface area contributed by atoms with Crippen molar-refractivity contribution in [1.29, 1.82) is 0 Å². The van der Waals surface area contributed by atoms with E-state index >= 15 is 0 Å². The lowest BCUT2D eigenvalue weighted by atomic mass is 9.98. The second-order valence-corrected chi connectivity index (χ2v) is 9.35. The Labute approximate surface area is 182 Å². The van der Waals surface area contributed by atoms with E-state index < -0.39 is 21.9 Å². The summed E-state index contributed by atoms with van der Waals surface area (Å²) in [6.07, 6.45) is 1.13. The number of hydrogen-bond donors (Lipinski definition) is 1. The van der Waals surface area contributed by atoms with Gasteiger partial charge in [-0.3, -0.25) is 4.79 Å². The van der Waals surface area contributed by atoms with Crippen LogP contribution in [-0.4, -0.2) is 51.9 Å². The number of esters is 1. The molecule has 9 heteroatoms. The van der Waals surface area contributed by atoms with Gasteiger partial charge >= 0.3 is 5.97 Å². The minimum absolute atomic E-state index is 0.0844. The number of carbonyl (C=O) groups excluding carboxylic acids is 2. The smallest absolute Gasteiger partial charge is 0.337 e. The summed E-state index contributed by atoms with van der Waals surface area (Å²) in [6, 6.07) is 11.2. The van der Waals surface area contributed by atoms with Gasteiger partial charge in [0.05, 0.1) is 36.3 Å². The molecule has 1 heterocycles. The summed E-state index contributed by atoms with van der Waals surface area (Å²) < 4.78 is 37.3. The van der Waals surface area contributed by atoms with Crippen LogP contribution in [0.4, 0.5) is 5.69 Å². The van der Waals surface area contributed by atoms with Crippen LogP contribution < -0.4 is 10.1 Å². The molecule has 1 unspecified atom stereocenters. The van der Waals surface area contributed by atoms with E-state index in [-0.39, 0.29) is 22.9 Å². The number of sulfonamides is 1. The maximum Gasteiger partial charge on any atom is 0.337 e. The molecule has 1 aliphatic heterocycles. The zero-order valence-electron chi connectivity index (χ0n) is 17.8. The molecule has 2 aromatic rings. The Kier molecular flexibility index (Phi) is 6.97. The minimum Gasteiger partial charge on any atom is -0.495 e. The molecule has 0 saturated carbocycles. The molecule has 1 amide bonds. The van der Waals surface area contributed by atoms with Gasteiger partial charge in [-0.05, 0) is 50.1 Å². The zero-order valence-corrected chi connectivity index (χ0v) is 18.6. The summed E-state index contributed by atoms with van der Waals surface area (Å²) >= 11 is 0. The summed E-state index contributed by atoms with van der Waals surface area (Å²) in [7, 11) is -0.953. The number of rotatable bonds is 6. The minimum atomic E-state index is -3.68. The zero-order chi connectivity index (χ0) is 22.6. The summed E-state index contributed by atoms with van der Waals surface area (Å²) in [5.41, 5.74) is 1.57. The van der Waals surface area contributed by atoms with Gasteiger partial charge in [0.25, 0.3) is 0 Å². The summed E-state index contributed by atoms with van der Waals surface area (Å²) in [6.45, 7) is 2.34. The molecule has 1 saturated heterocycles. The molecule has 0 aliphatic carbocycles. The van der Waals surface area contributed by atoms with E-state index in [1.165, 1.54) is 30.7 Å². The highest BCUT2D eigenvalue weighted by Gasteiger charge is 2.33. The Morgan fingerprint density at radius 2 is 1.81 bits per heavy atom. The molecule has 2 aromatic carbocycles. The molecule has 0 bridgehead atoms. The van der Waals surface area contributed by atoms with Crippen molar-refractivity contribution in [2.75, 3.05) is 32.6 Å². The van der Waals surface area contributed by atoms with E-state index in [2.05, 4.69) is 5.32 Å². The van der Waals surface area contributed by atoms with Gasteiger partial charge in [0.15, 0.2) is 0 Å². The van der Waals surface area contributed by atoms with E-state index in [0.717, 1.165) is 5.56 Å². The topological polar surface area (TPSA) is 102 Å². The fourth-order valence-corrected chi connectivity index (χ4v) is 5.04. The largest absolute Gasteiger partial charge is 0.495 e. The van der Waals surface area contributed by atoms with Crippen molar-refractivity contribution < 1.29 is 27.5 Å². The highest BCUT2D eigenvalue weighted by Crippen LogP contribution is 2.29. The van der Waals surface area contributed by atoms with Crippen molar-refractivity contribution in [3.05, 3.63) is 53.6 Å². The van der Waals surface area contributed by atoms with Gasteiger partial charge in [0.2, 0.25) is 15.9 Å². The Balaban J connectivity index is 1.77. The lowest BCUT2D eigenvalue weighted by molar-refractivity contribution is -0.120. The maximum absolute atomic E-state index is 13.0. The van der Waals surface area contributed by atoms with Crippen molar-refractivity contribution in [1.82, 2.24) is 4.31 Å². The van der Waals surface area contributed by atoms with Crippen molar-refractivity contribution in [3.63, 3.8) is 0 Å². The van der Waals surface area contributed by atoms with Crippen molar-refractivity contribution in [3.8, 4) is 5.75 Å². The fraction of sp³-hybridized carbons (Fsp3) is 0.364. The predicted molar refractivity (Wildman–Crippen MR) is 116 cm³/mol. The highest BCUT2D eigenvalue weighted by atomic mass is 32.2. The normalized spacial score (nSPS) is 17.1. The number of piperidine rings is 1. The molecule has 8 nitrogen and oxygen atoms in total. The van der Waals surface area contributed by atoms with Crippen molar-refractivity contribution in [2.24, 2.45) is 5.92 Å². The van der Waals surface area contributed by atoms with E-state index in [4.69, 9.17) is 9.47 Å². The van der Waals surface area contributed by atoms with E-state index in [1.807, 2.05) is 6.92 Å². The lowest BCUT2D eigenvalue weighted by Gasteiger charge is -2.31. The molecule has 166 valence electrons. The quantitative estimate of drug-likeness (QED) is 0.685. The average Bonchev–Trinajstić information content (AvgIpc) is 2.78. The van der Waals surface area contributed by atoms with Gasteiger partial charge in [-0.2, -0.15) is 4.31 Å². The van der Waals surface area contributed by atoms with Crippen LogP contribution in [0.3, 0.4) is 0 Å². The van der Waals surface area contributed by atoms with Gasteiger partial charge in [-0.25, -0.2) is 13.2 Å². The number of aryl methyl sites for hydroxylation is 1. The molecule has 0 spiro atoms. The van der Waals surface area contributed by atoms with E-state index in [9.17, 15) is 18.0 Å². The maximum atomic E-state index is 13.0. The number of nitrogens with one attached hydrogen (secondary N) is 1. The van der Waals surface area contributed by atoms with Crippen molar-refractivity contribution >= 4 is 27.6 Å². The summed E-state index contributed by atoms with van der Waals surface area (Å²) in [5.74, 6) is -1.00. The monoisotopic (exact) mass is 446 g/mol. The van der Waals surface area contributed by atoms with Crippen LogP contribution in [0.25, 0.3) is 0 Å². The lowest BCUT2D eigenvalue weighted by Crippen LogP contribution is -2.43. The average molecular weight is 447 g/mol. The van der Waals surface area contributed by atoms with Crippen LogP contribution in [0, 0.1) is 12.8 Å². The van der Waals surface area contributed by atoms with Gasteiger partial charge in [0, 0.05) is 13.1 Å². The number of hydrogen-bond acceptors (Lipinski definition) is 6. The Morgan fingerprint density at radius 1 is 1.10 bits per heavy atom. The second-order valence-electron chi connectivity index (χ2n) is 7.41. The molecule has 0 radical (unpaired) electrons. The van der Waals surface area contributed by atoms with Crippen LogP contribution in [0.2, 0.25) is 0 Å². The molecule has 0 aromatic heterocycles. The van der Waals surface area contributed by atoms with E-state index in [1.54, 1.807) is 30.3 Å². The number of methoxy groups -OCH3 is 2. The molecule has 1 aliphatic rings. The summed E-state index contributed by atoms with van der Waals surface area (Å²) in [4.78, 5) is 25.0. The van der Waals surface area contributed by atoms with Crippen LogP contribution in [0.1, 0.15) is 28.8 Å². The third kappa shape index (κ3) is 5.05. The Morgan fingerprint density at radius 3 is 2.45 bits per heavy atom. The first kappa shape index (κ1) is 22.8. The second kappa shape index (κ2) is 9.49. The summed E-state index contributed by atoms with van der Waals surface area (Å²) in [5, 5.41) is 2.78. The van der Waals surface area contributed by atoms with Gasteiger partial charge in [-0.15, -0.1) is 0 Å². The first-order valence-electron chi connectivity index (χ1n) is 9.90. The number of anilines is 1. The van der Waals surface area contributed by atoms with Gasteiger partial charge in [-0.1, -0.05) is 17.7 Å². The number of nitrogens with zero attached hydrogens (tertiary/aromatic N) is 1. The molecular weight excluding hydrogens is 420 g/mol. The number of amides is 1. The third-order valence-electron chi connectivity index (χ3n) is 5.29. The predicted octanol–water partition coefficient (Wildman–Crippen LogP) is 2.83. The molecular formula is C22H26N2O6S. The SMILES string of the molecule is COC(=O)c1ccc(OC)c(NC(=O)C2CCCN(S(=O)(=O)c3ccc(C)cc3)C2)c1. The van der Waals surface area contributed by atoms with Crippen molar-refractivity contribution in [2.45, 2.75) is 24.7 Å². The highest BCUT2D eigenvalue weighted by molar-refractivity contribution is 7.89. The standard InChI is InChI=1S/C22H26N2O6S/c1-15-6-9-18(10-7-15)31(27,28)24-12-4-5-17(14-24)21(25)23-19-13-16(22(26)30-3)8-11-20(19)29-2/h6-11,13,17H,4-5,12,14H2,1-3H3,(H,23,25). The van der Waals surface area contributed by atoms with E-state index in [0.29, 0.717) is 30.8 Å². The van der Waals surface area contributed by atoms with Gasteiger partial charge in [0.1, 0.15) is 5.75 Å². The van der Waals surface area contributed by atoms with Gasteiger partial charge < -0.3 is 14.8 Å². The molecule has 3 rings (SSSR count). The first-order valence-corrected chi connectivity index (χ1v) is 11.3. The number of carbonyl (C=O) groups is 2. The molecule has 1 fully saturated rings. The molecule has 1 atom stereocenters. The van der Waals surface area contributed by atoms with Crippen LogP contribution in [-0.2, 0) is 19.6 Å². The molecule has 1 N–H and O–H groups in total. The first-order chi connectivity index (χ1) is 14.8. The fourth-order valence-electron chi connectivity index (χ4n) is 3.52. The Bertz CT molecular complexity index is 1070. The molecule has 31 heavy (non-hydrogen) atoms. The Hall–Kier alpha value is -2.91. The van der Waals surface area contributed by atoms with Crippen LogP contribution in [0.15, 0.2) is 47.4 Å². The number of benzene rings is 2. The van der Waals surface area contributed by atoms with Crippen LogP contribution >= 0.6 is 0 Å². The number of ether oxygens (including phenoxy) is 2.